The lowest BCUT2D eigenvalue weighted by Gasteiger charge is -2.23. The summed E-state index contributed by atoms with van der Waals surface area (Å²) in [7, 11) is 1.60. The first-order valence-corrected chi connectivity index (χ1v) is 13.0. The number of nitrogens with one attached hydrogen (secondary N) is 3. The van der Waals surface area contributed by atoms with Crippen LogP contribution in [0.25, 0.3) is 10.8 Å². The number of aromatic nitrogens is 2. The molecule has 41 heavy (non-hydrogen) atoms. The molecule has 4 aromatic rings. The number of fused-ring (bicyclic) bond motifs is 1. The molecule has 0 saturated heterocycles. The highest BCUT2D eigenvalue weighted by molar-refractivity contribution is 6.02. The monoisotopic (exact) mass is 558 g/mol. The summed E-state index contributed by atoms with van der Waals surface area (Å²) in [5.74, 6) is -0.362. The van der Waals surface area contributed by atoms with E-state index < -0.39 is 23.4 Å². The second kappa shape index (κ2) is 13.1. The fourth-order valence-corrected chi connectivity index (χ4v) is 3.97. The maximum Gasteiger partial charge on any atom is 0.250 e. The molecule has 214 valence electrons. The van der Waals surface area contributed by atoms with E-state index in [1.807, 2.05) is 66.7 Å². The predicted octanol–water partition coefficient (Wildman–Crippen LogP) is 3.06. The van der Waals surface area contributed by atoms with Crippen LogP contribution in [0.1, 0.15) is 19.4 Å². The van der Waals surface area contributed by atoms with E-state index in [9.17, 15) is 14.4 Å². The SMILES string of the molecule is COc1ccc2c(NC(=O)Cn3cnc(NC(=O)[C@@H](COCc4ccccc4)NC(=O)C(C)(C)N)c3)cccc2c1. The van der Waals surface area contributed by atoms with Crippen molar-refractivity contribution in [2.24, 2.45) is 5.73 Å². The summed E-state index contributed by atoms with van der Waals surface area (Å²) in [4.78, 5) is 42.6. The Morgan fingerprint density at radius 1 is 1.02 bits per heavy atom. The summed E-state index contributed by atoms with van der Waals surface area (Å²) in [6.07, 6.45) is 2.97. The maximum absolute atomic E-state index is 13.1. The van der Waals surface area contributed by atoms with Gasteiger partial charge in [0.15, 0.2) is 5.82 Å². The van der Waals surface area contributed by atoms with Crippen molar-refractivity contribution in [3.63, 3.8) is 0 Å². The molecule has 1 aromatic heterocycles. The quantitative estimate of drug-likeness (QED) is 0.209. The zero-order valence-electron chi connectivity index (χ0n) is 23.2. The molecule has 1 heterocycles. The van der Waals surface area contributed by atoms with Gasteiger partial charge in [-0.15, -0.1) is 0 Å². The van der Waals surface area contributed by atoms with Gasteiger partial charge in [-0.2, -0.15) is 0 Å². The van der Waals surface area contributed by atoms with E-state index in [4.69, 9.17) is 15.2 Å². The molecule has 0 aliphatic heterocycles. The zero-order valence-corrected chi connectivity index (χ0v) is 23.2. The Morgan fingerprint density at radius 2 is 1.80 bits per heavy atom. The third kappa shape index (κ3) is 8.13. The van der Waals surface area contributed by atoms with Crippen molar-refractivity contribution in [1.82, 2.24) is 14.9 Å². The summed E-state index contributed by atoms with van der Waals surface area (Å²) in [5.41, 5.74) is 6.31. The third-order valence-corrected chi connectivity index (χ3v) is 6.18. The first-order chi connectivity index (χ1) is 19.6. The average molecular weight is 559 g/mol. The van der Waals surface area contributed by atoms with Crippen molar-refractivity contribution < 1.29 is 23.9 Å². The number of ether oxygens (including phenoxy) is 2. The predicted molar refractivity (Wildman–Crippen MR) is 156 cm³/mol. The van der Waals surface area contributed by atoms with Gasteiger partial charge < -0.3 is 35.7 Å². The van der Waals surface area contributed by atoms with Gasteiger partial charge in [0.1, 0.15) is 18.3 Å². The molecule has 4 rings (SSSR count). The minimum Gasteiger partial charge on any atom is -0.497 e. The maximum atomic E-state index is 13.1. The molecule has 0 fully saturated rings. The van der Waals surface area contributed by atoms with Gasteiger partial charge in [0, 0.05) is 17.3 Å². The van der Waals surface area contributed by atoms with Gasteiger partial charge in [0.2, 0.25) is 11.8 Å². The van der Waals surface area contributed by atoms with Crippen LogP contribution < -0.4 is 26.4 Å². The molecule has 5 N–H and O–H groups in total. The summed E-state index contributed by atoms with van der Waals surface area (Å²) in [6, 6.07) is 19.7. The Bertz CT molecular complexity index is 1510. The van der Waals surface area contributed by atoms with E-state index in [1.54, 1.807) is 25.5 Å². The number of methoxy groups -OCH3 is 1. The van der Waals surface area contributed by atoms with Crippen molar-refractivity contribution in [3.8, 4) is 5.75 Å². The van der Waals surface area contributed by atoms with E-state index >= 15 is 0 Å². The van der Waals surface area contributed by atoms with E-state index in [0.717, 1.165) is 22.1 Å². The highest BCUT2D eigenvalue weighted by atomic mass is 16.5. The van der Waals surface area contributed by atoms with Gasteiger partial charge in [-0.1, -0.05) is 42.5 Å². The molecule has 11 heteroatoms. The number of carbonyl (C=O) groups is 3. The van der Waals surface area contributed by atoms with Gasteiger partial charge in [-0.25, -0.2) is 4.98 Å². The fourth-order valence-electron chi connectivity index (χ4n) is 3.97. The zero-order chi connectivity index (χ0) is 29.4. The van der Waals surface area contributed by atoms with Crippen LogP contribution in [-0.4, -0.2) is 52.6 Å². The number of hydrogen-bond donors (Lipinski definition) is 4. The largest absolute Gasteiger partial charge is 0.497 e. The lowest BCUT2D eigenvalue weighted by atomic mass is 10.1. The number of imidazole rings is 1. The van der Waals surface area contributed by atoms with Gasteiger partial charge in [-0.3, -0.25) is 14.4 Å². The summed E-state index contributed by atoms with van der Waals surface area (Å²) in [5, 5.41) is 10.1. The fraction of sp³-hybridized carbons (Fsp3) is 0.267. The Hall–Kier alpha value is -4.74. The number of hydrogen-bond acceptors (Lipinski definition) is 7. The van der Waals surface area contributed by atoms with Crippen molar-refractivity contribution in [3.05, 3.63) is 84.8 Å². The Balaban J connectivity index is 1.37. The highest BCUT2D eigenvalue weighted by Gasteiger charge is 2.28. The van der Waals surface area contributed by atoms with Gasteiger partial charge >= 0.3 is 0 Å². The normalized spacial score (nSPS) is 12.0. The first kappa shape index (κ1) is 29.2. The average Bonchev–Trinajstić information content (AvgIpc) is 3.38. The molecule has 0 aliphatic rings. The molecule has 11 nitrogen and oxygen atoms in total. The molecule has 3 amide bonds. The van der Waals surface area contributed by atoms with Crippen LogP contribution in [0, 0.1) is 0 Å². The van der Waals surface area contributed by atoms with Crippen LogP contribution in [0.5, 0.6) is 5.75 Å². The molecular weight excluding hydrogens is 524 g/mol. The number of anilines is 2. The number of nitrogens with two attached hydrogens (primary N) is 1. The molecule has 0 saturated carbocycles. The van der Waals surface area contributed by atoms with E-state index in [2.05, 4.69) is 20.9 Å². The lowest BCUT2D eigenvalue weighted by Crippen LogP contribution is -2.56. The van der Waals surface area contributed by atoms with Crippen molar-refractivity contribution >= 4 is 40.0 Å². The minimum atomic E-state index is -1.19. The number of nitrogens with zero attached hydrogens (tertiary/aromatic N) is 2. The van der Waals surface area contributed by atoms with Gasteiger partial charge in [0.05, 0.1) is 32.2 Å². The standard InChI is InChI=1S/C30H34N6O5/c1-30(2,31)29(39)34-25(18-41-17-20-8-5-4-6-9-20)28(38)35-26-15-36(19-32-26)16-27(37)33-24-11-7-10-21-14-22(40-3)12-13-23(21)24/h4-15,19,25H,16-18,31H2,1-3H3,(H,33,37)(H,34,39)(H,35,38)/t25-/m1/s1. The van der Waals surface area contributed by atoms with Crippen LogP contribution in [0.2, 0.25) is 0 Å². The van der Waals surface area contributed by atoms with E-state index in [0.29, 0.717) is 5.69 Å². The minimum absolute atomic E-state index is 0.0306. The summed E-state index contributed by atoms with van der Waals surface area (Å²) < 4.78 is 12.5. The van der Waals surface area contributed by atoms with Crippen LogP contribution in [0.15, 0.2) is 79.3 Å². The number of amides is 3. The van der Waals surface area contributed by atoms with Gasteiger partial charge in [0.25, 0.3) is 5.91 Å². The molecule has 0 bridgehead atoms. The smallest absolute Gasteiger partial charge is 0.250 e. The molecule has 1 atom stereocenters. The van der Waals surface area contributed by atoms with Crippen LogP contribution in [0.3, 0.4) is 0 Å². The molecule has 0 aliphatic carbocycles. The number of carbonyl (C=O) groups excluding carboxylic acids is 3. The van der Waals surface area contributed by atoms with Crippen LogP contribution >= 0.6 is 0 Å². The number of rotatable bonds is 12. The molecule has 0 unspecified atom stereocenters. The first-order valence-electron chi connectivity index (χ1n) is 13.0. The molecule has 3 aromatic carbocycles. The summed E-state index contributed by atoms with van der Waals surface area (Å²) >= 11 is 0. The van der Waals surface area contributed by atoms with E-state index in [1.165, 1.54) is 12.5 Å². The lowest BCUT2D eigenvalue weighted by molar-refractivity contribution is -0.130. The summed E-state index contributed by atoms with van der Waals surface area (Å²) in [6.45, 7) is 3.24. The molecule has 0 spiro atoms. The molecular formula is C30H34N6O5. The second-order valence-electron chi connectivity index (χ2n) is 10.1. The Labute approximate surface area is 238 Å². The van der Waals surface area contributed by atoms with E-state index in [-0.39, 0.29) is 31.5 Å². The number of benzene rings is 3. The topological polar surface area (TPSA) is 150 Å². The van der Waals surface area contributed by atoms with Crippen LogP contribution in [0.4, 0.5) is 11.5 Å². The van der Waals surface area contributed by atoms with Crippen molar-refractivity contribution in [2.75, 3.05) is 24.4 Å². The Kier molecular flexibility index (Phi) is 9.33. The van der Waals surface area contributed by atoms with Crippen molar-refractivity contribution in [1.29, 1.82) is 0 Å². The van der Waals surface area contributed by atoms with Crippen molar-refractivity contribution in [2.45, 2.75) is 38.6 Å². The highest BCUT2D eigenvalue weighted by Crippen LogP contribution is 2.27. The Morgan fingerprint density at radius 3 is 2.54 bits per heavy atom. The van der Waals surface area contributed by atoms with Gasteiger partial charge in [-0.05, 0) is 49.1 Å². The molecule has 0 radical (unpaired) electrons. The second-order valence-corrected chi connectivity index (χ2v) is 10.1. The van der Waals surface area contributed by atoms with Crippen LogP contribution in [-0.2, 0) is 32.3 Å². The third-order valence-electron chi connectivity index (χ3n) is 6.18.